The highest BCUT2D eigenvalue weighted by atomic mass is 79.9. The van der Waals surface area contributed by atoms with Crippen molar-refractivity contribution in [1.29, 1.82) is 0 Å². The molecule has 35 heavy (non-hydrogen) atoms. The monoisotopic (exact) mass is 547 g/mol. The summed E-state index contributed by atoms with van der Waals surface area (Å²) in [4.78, 5) is 27.5. The maximum absolute atomic E-state index is 12.9. The molecular formula is C27H22BrN3O3S. The molecule has 2 aromatic carbocycles. The fraction of sp³-hybridized carbons (Fsp3) is 0.185. The van der Waals surface area contributed by atoms with Crippen LogP contribution in [0.5, 0.6) is 0 Å². The van der Waals surface area contributed by atoms with Gasteiger partial charge >= 0.3 is 0 Å². The highest BCUT2D eigenvalue weighted by Gasteiger charge is 2.35. The molecule has 2 aliphatic heterocycles. The third-order valence-corrected chi connectivity index (χ3v) is 7.87. The van der Waals surface area contributed by atoms with Crippen molar-refractivity contribution in [3.8, 4) is 16.1 Å². The molecule has 6 nitrogen and oxygen atoms in total. The number of aromatic nitrogens is 1. The number of anilines is 1. The Morgan fingerprint density at radius 2 is 1.94 bits per heavy atom. The number of carbonyl (C=O) groups excluding carboxylic acids is 2. The zero-order chi connectivity index (χ0) is 23.9. The zero-order valence-electron chi connectivity index (χ0n) is 18.7. The highest BCUT2D eigenvalue weighted by Crippen LogP contribution is 2.38. The van der Waals surface area contributed by atoms with Gasteiger partial charge in [0.25, 0.3) is 5.91 Å². The first-order valence-corrected chi connectivity index (χ1v) is 13.1. The predicted molar refractivity (Wildman–Crippen MR) is 140 cm³/mol. The van der Waals surface area contributed by atoms with E-state index in [0.29, 0.717) is 19.4 Å². The number of fused-ring (bicyclic) bond motifs is 1. The van der Waals surface area contributed by atoms with Gasteiger partial charge in [0.1, 0.15) is 6.61 Å². The topological polar surface area (TPSA) is 63.6 Å². The van der Waals surface area contributed by atoms with Gasteiger partial charge in [0, 0.05) is 50.8 Å². The first-order chi connectivity index (χ1) is 17.0. The number of amides is 2. The molecule has 0 bridgehead atoms. The number of ether oxygens (including phenoxy) is 1. The molecule has 2 aromatic heterocycles. The van der Waals surface area contributed by atoms with Crippen LogP contribution in [0.3, 0.4) is 0 Å². The van der Waals surface area contributed by atoms with Crippen LogP contribution in [-0.2, 0) is 27.2 Å². The van der Waals surface area contributed by atoms with Crippen LogP contribution in [0.1, 0.15) is 22.9 Å². The molecule has 4 aromatic rings. The molecule has 4 heterocycles. The van der Waals surface area contributed by atoms with Gasteiger partial charge in [-0.3, -0.25) is 9.59 Å². The Hall–Kier alpha value is -3.20. The van der Waals surface area contributed by atoms with Crippen LogP contribution in [0.25, 0.3) is 16.1 Å². The van der Waals surface area contributed by atoms with Gasteiger partial charge in [-0.1, -0.05) is 34.1 Å². The number of halogens is 1. The summed E-state index contributed by atoms with van der Waals surface area (Å²) in [5.41, 5.74) is 6.07. The maximum atomic E-state index is 12.9. The van der Waals surface area contributed by atoms with Crippen LogP contribution >= 0.6 is 27.3 Å². The summed E-state index contributed by atoms with van der Waals surface area (Å²) in [6, 6.07) is 18.3. The lowest BCUT2D eigenvalue weighted by atomic mass is 10.1. The molecule has 1 atom stereocenters. The number of rotatable bonds is 6. The Bertz CT molecular complexity index is 1410. The molecule has 1 N–H and O–H groups in total. The first kappa shape index (κ1) is 22.3. The molecule has 1 fully saturated rings. The molecule has 0 unspecified atom stereocenters. The quantitative estimate of drug-likeness (QED) is 0.343. The summed E-state index contributed by atoms with van der Waals surface area (Å²) in [7, 11) is 0. The van der Waals surface area contributed by atoms with Crippen molar-refractivity contribution in [3.63, 3.8) is 0 Å². The van der Waals surface area contributed by atoms with Crippen molar-refractivity contribution in [2.24, 2.45) is 0 Å². The largest absolute Gasteiger partial charge is 0.344 e. The number of nitrogens with one attached hydrogen (secondary N) is 1. The average molecular weight is 548 g/mol. The number of benzene rings is 2. The predicted octanol–water partition coefficient (Wildman–Crippen LogP) is 5.56. The van der Waals surface area contributed by atoms with Crippen molar-refractivity contribution in [3.05, 3.63) is 93.5 Å². The molecule has 0 saturated carbocycles. The van der Waals surface area contributed by atoms with E-state index in [1.807, 2.05) is 35.2 Å². The molecule has 0 spiro atoms. The van der Waals surface area contributed by atoms with Crippen LogP contribution in [0.4, 0.5) is 5.69 Å². The lowest BCUT2D eigenvalue weighted by molar-refractivity contribution is -0.128. The van der Waals surface area contributed by atoms with Gasteiger partial charge in [0.15, 0.2) is 6.23 Å². The van der Waals surface area contributed by atoms with Crippen LogP contribution in [0.15, 0.2) is 76.8 Å². The van der Waals surface area contributed by atoms with E-state index in [4.69, 9.17) is 4.74 Å². The van der Waals surface area contributed by atoms with Gasteiger partial charge in [0.05, 0.1) is 6.42 Å². The summed E-state index contributed by atoms with van der Waals surface area (Å²) < 4.78 is 9.16. The second kappa shape index (κ2) is 9.11. The standard InChI is InChI=1S/C27H22BrN3O3S/c28-19-4-6-20(7-5-19)30-14-21(24-2-1-11-35-24)22(15-30)27-31(26(33)16-34-27)10-9-17-3-8-23-18(12-17)13-25(32)29-23/h1-8,11-12,14-15,27H,9-10,13,16H2,(H,29,32)/t27-/m0/s1. The van der Waals surface area contributed by atoms with Gasteiger partial charge in [-0.25, -0.2) is 0 Å². The van der Waals surface area contributed by atoms with E-state index in [1.54, 1.807) is 11.3 Å². The molecule has 1 saturated heterocycles. The van der Waals surface area contributed by atoms with E-state index in [0.717, 1.165) is 43.0 Å². The Balaban J connectivity index is 1.30. The van der Waals surface area contributed by atoms with Gasteiger partial charge in [-0.15, -0.1) is 11.3 Å². The fourth-order valence-electron chi connectivity index (χ4n) is 4.71. The fourth-order valence-corrected chi connectivity index (χ4v) is 5.73. The Labute approximate surface area is 215 Å². The molecule has 176 valence electrons. The van der Waals surface area contributed by atoms with Crippen molar-refractivity contribution < 1.29 is 14.3 Å². The Kier molecular flexibility index (Phi) is 5.80. The third kappa shape index (κ3) is 4.33. The molecular weight excluding hydrogens is 526 g/mol. The molecule has 8 heteroatoms. The third-order valence-electron chi connectivity index (χ3n) is 6.44. The molecule has 0 radical (unpaired) electrons. The van der Waals surface area contributed by atoms with Crippen LogP contribution in [0.2, 0.25) is 0 Å². The summed E-state index contributed by atoms with van der Waals surface area (Å²) >= 11 is 5.17. The molecule has 2 aliphatic rings. The van der Waals surface area contributed by atoms with Crippen molar-refractivity contribution >= 4 is 44.8 Å². The summed E-state index contributed by atoms with van der Waals surface area (Å²) in [5.74, 6) is 0.0123. The number of thiophene rings is 1. The molecule has 2 amide bonds. The number of carbonyl (C=O) groups is 2. The Morgan fingerprint density at radius 1 is 1.09 bits per heavy atom. The van der Waals surface area contributed by atoms with Gasteiger partial charge in [0.2, 0.25) is 5.91 Å². The minimum absolute atomic E-state index is 0.0125. The lowest BCUT2D eigenvalue weighted by Crippen LogP contribution is -2.30. The number of nitrogens with zero attached hydrogens (tertiary/aromatic N) is 2. The maximum Gasteiger partial charge on any atom is 0.250 e. The summed E-state index contributed by atoms with van der Waals surface area (Å²) in [6.07, 6.45) is 4.83. The van der Waals surface area contributed by atoms with Gasteiger partial charge in [-0.2, -0.15) is 0 Å². The Morgan fingerprint density at radius 3 is 2.74 bits per heavy atom. The van der Waals surface area contributed by atoms with Crippen molar-refractivity contribution in [2.75, 3.05) is 18.5 Å². The highest BCUT2D eigenvalue weighted by molar-refractivity contribution is 9.10. The smallest absolute Gasteiger partial charge is 0.250 e. The normalized spacial score (nSPS) is 17.2. The molecule has 0 aliphatic carbocycles. The van der Waals surface area contributed by atoms with E-state index >= 15 is 0 Å². The molecule has 6 rings (SSSR count). The first-order valence-electron chi connectivity index (χ1n) is 11.4. The van der Waals surface area contributed by atoms with Crippen molar-refractivity contribution in [2.45, 2.75) is 19.1 Å². The van der Waals surface area contributed by atoms with Crippen LogP contribution in [-0.4, -0.2) is 34.4 Å². The summed E-state index contributed by atoms with van der Waals surface area (Å²) in [5, 5.41) is 4.93. The zero-order valence-corrected chi connectivity index (χ0v) is 21.1. The van der Waals surface area contributed by atoms with Gasteiger partial charge < -0.3 is 19.5 Å². The van der Waals surface area contributed by atoms with Gasteiger partial charge in [-0.05, 0) is 59.3 Å². The van der Waals surface area contributed by atoms with E-state index in [9.17, 15) is 9.59 Å². The second-order valence-electron chi connectivity index (χ2n) is 8.71. The minimum Gasteiger partial charge on any atom is -0.344 e. The second-order valence-corrected chi connectivity index (χ2v) is 10.6. The number of hydrogen-bond acceptors (Lipinski definition) is 4. The average Bonchev–Trinajstić information content (AvgIpc) is 3.63. The van der Waals surface area contributed by atoms with Crippen molar-refractivity contribution in [1.82, 2.24) is 9.47 Å². The SMILES string of the molecule is O=C1Cc2cc(CCN3C(=O)CO[C@H]3c3cn(-c4ccc(Br)cc4)cc3-c3cccs3)ccc2N1. The minimum atomic E-state index is -0.450. The van der Waals surface area contributed by atoms with E-state index in [1.165, 1.54) is 0 Å². The number of hydrogen-bond donors (Lipinski definition) is 1. The van der Waals surface area contributed by atoms with Crippen LogP contribution in [0, 0.1) is 0 Å². The summed E-state index contributed by atoms with van der Waals surface area (Å²) in [6.45, 7) is 0.609. The van der Waals surface area contributed by atoms with E-state index in [2.05, 4.69) is 67.9 Å². The van der Waals surface area contributed by atoms with E-state index < -0.39 is 6.23 Å². The lowest BCUT2D eigenvalue weighted by Gasteiger charge is -2.23. The van der Waals surface area contributed by atoms with Crippen LogP contribution < -0.4 is 5.32 Å². The van der Waals surface area contributed by atoms with E-state index in [-0.39, 0.29) is 18.4 Å².